The molecule has 4 nitrogen and oxygen atoms in total. The van der Waals surface area contributed by atoms with Crippen LogP contribution >= 0.6 is 15.9 Å². The van der Waals surface area contributed by atoms with Crippen molar-refractivity contribution < 1.29 is 21.5 Å². The van der Waals surface area contributed by atoms with Gasteiger partial charge in [-0.1, -0.05) is 0 Å². The lowest BCUT2D eigenvalue weighted by Gasteiger charge is -2.19. The molecule has 2 rings (SSSR count). The Hall–Kier alpha value is -1.02. The van der Waals surface area contributed by atoms with Crippen molar-refractivity contribution in [3.8, 4) is 0 Å². The van der Waals surface area contributed by atoms with Gasteiger partial charge in [-0.15, -0.1) is 3.89 Å². The van der Waals surface area contributed by atoms with E-state index in [0.29, 0.717) is 11.3 Å². The predicted molar refractivity (Wildman–Crippen MR) is 69.6 cm³/mol. The minimum absolute atomic E-state index is 0.160. The van der Waals surface area contributed by atoms with Crippen LogP contribution in [0.2, 0.25) is 0 Å². The summed E-state index contributed by atoms with van der Waals surface area (Å²) in [6.07, 6.45) is -0.396. The zero-order valence-electron chi connectivity index (χ0n) is 9.86. The zero-order chi connectivity index (χ0) is 14.4. The van der Waals surface area contributed by atoms with Crippen molar-refractivity contribution in [2.24, 2.45) is 0 Å². The summed E-state index contributed by atoms with van der Waals surface area (Å²) in [6, 6.07) is 2.61. The summed E-state index contributed by atoms with van der Waals surface area (Å²) < 4.78 is 48.1. The molecule has 1 aromatic carbocycles. The highest BCUT2D eigenvalue weighted by Gasteiger charge is 2.39. The van der Waals surface area contributed by atoms with E-state index in [0.717, 1.165) is 0 Å². The molecular weight excluding hydrogens is 344 g/mol. The van der Waals surface area contributed by atoms with Gasteiger partial charge < -0.3 is 4.90 Å². The summed E-state index contributed by atoms with van der Waals surface area (Å²) in [7, 11) is -4.76. The van der Waals surface area contributed by atoms with Crippen LogP contribution < -0.4 is 4.90 Å². The van der Waals surface area contributed by atoms with Crippen LogP contribution in [-0.2, 0) is 15.0 Å². The van der Waals surface area contributed by atoms with Crippen molar-refractivity contribution in [3.05, 3.63) is 28.0 Å². The molecule has 8 heteroatoms. The summed E-state index contributed by atoms with van der Waals surface area (Å²) >= 11 is 3.00. The van der Waals surface area contributed by atoms with Crippen LogP contribution in [0, 0.1) is 12.7 Å². The van der Waals surface area contributed by atoms with Gasteiger partial charge in [0.25, 0.3) is 0 Å². The average Bonchev–Trinajstić information content (AvgIpc) is 2.65. The van der Waals surface area contributed by atoms with Gasteiger partial charge in [0.05, 0.1) is 4.47 Å². The van der Waals surface area contributed by atoms with E-state index in [-0.39, 0.29) is 11.0 Å². The summed E-state index contributed by atoms with van der Waals surface area (Å²) in [4.78, 5) is 12.9. The summed E-state index contributed by atoms with van der Waals surface area (Å²) in [5, 5.41) is -1.36. The van der Waals surface area contributed by atoms with Crippen molar-refractivity contribution >= 4 is 37.7 Å². The van der Waals surface area contributed by atoms with Crippen LogP contribution in [0.3, 0.4) is 0 Å². The highest BCUT2D eigenvalue weighted by molar-refractivity contribution is 9.10. The van der Waals surface area contributed by atoms with Crippen molar-refractivity contribution in [1.82, 2.24) is 0 Å². The van der Waals surface area contributed by atoms with Crippen LogP contribution in [0.1, 0.15) is 12.0 Å². The molecule has 0 radical (unpaired) electrons. The quantitative estimate of drug-likeness (QED) is 0.766. The van der Waals surface area contributed by atoms with Crippen LogP contribution in [-0.4, -0.2) is 26.1 Å². The first-order valence-corrected chi connectivity index (χ1v) is 7.63. The fourth-order valence-electron chi connectivity index (χ4n) is 2.02. The molecule has 1 saturated heterocycles. The summed E-state index contributed by atoms with van der Waals surface area (Å²) in [5.74, 6) is -0.976. The topological polar surface area (TPSA) is 54.5 Å². The van der Waals surface area contributed by atoms with E-state index in [9.17, 15) is 21.5 Å². The largest absolute Gasteiger partial charge is 0.311 e. The summed E-state index contributed by atoms with van der Waals surface area (Å²) in [5.41, 5.74) is 0.857. The van der Waals surface area contributed by atoms with Gasteiger partial charge in [-0.25, -0.2) is 4.39 Å². The number of rotatable bonds is 2. The maximum atomic E-state index is 13.3. The Morgan fingerprint density at radius 1 is 1.42 bits per heavy atom. The maximum Gasteiger partial charge on any atom is 0.307 e. The molecular formula is C11H10BrF2NO3S. The van der Waals surface area contributed by atoms with Crippen LogP contribution in [0.15, 0.2) is 16.6 Å². The maximum absolute atomic E-state index is 13.3. The van der Waals surface area contributed by atoms with E-state index < -0.39 is 33.6 Å². The van der Waals surface area contributed by atoms with Crippen LogP contribution in [0.5, 0.6) is 0 Å². The summed E-state index contributed by atoms with van der Waals surface area (Å²) in [6.45, 7) is 1.34. The minimum atomic E-state index is -4.76. The number of halogens is 3. The third-order valence-corrected chi connectivity index (χ3v) is 4.74. The second kappa shape index (κ2) is 4.82. The van der Waals surface area contributed by atoms with E-state index in [1.807, 2.05) is 0 Å². The lowest BCUT2D eigenvalue weighted by atomic mass is 10.2. The standard InChI is InChI=1S/C11H10BrF2NO3S/c1-6-2-9(13)8(12)4-10(6)15-5-7(3-11(15)16)19(14,17)18/h2,4,7H,3,5H2,1H3. The third-order valence-electron chi connectivity index (χ3n) is 3.02. The molecule has 1 fully saturated rings. The normalized spacial score (nSPS) is 20.1. The Morgan fingerprint density at radius 3 is 2.58 bits per heavy atom. The van der Waals surface area contributed by atoms with Gasteiger partial charge in [0, 0.05) is 18.7 Å². The second-order valence-electron chi connectivity index (χ2n) is 4.36. The lowest BCUT2D eigenvalue weighted by molar-refractivity contribution is -0.117. The first-order valence-electron chi connectivity index (χ1n) is 5.39. The minimum Gasteiger partial charge on any atom is -0.311 e. The molecule has 1 amide bonds. The van der Waals surface area contributed by atoms with Gasteiger partial charge in [-0.05, 0) is 40.5 Å². The number of hydrogen-bond acceptors (Lipinski definition) is 3. The molecule has 1 aliphatic rings. The Balaban J connectivity index is 2.39. The molecule has 1 aliphatic heterocycles. The van der Waals surface area contributed by atoms with E-state index in [2.05, 4.69) is 15.9 Å². The van der Waals surface area contributed by atoms with Crippen molar-refractivity contribution in [3.63, 3.8) is 0 Å². The Labute approximate surface area is 117 Å². The molecule has 0 bridgehead atoms. The Kier molecular flexibility index (Phi) is 3.65. The number of benzene rings is 1. The first-order chi connectivity index (χ1) is 8.70. The molecule has 0 aliphatic carbocycles. The first kappa shape index (κ1) is 14.4. The molecule has 19 heavy (non-hydrogen) atoms. The molecule has 1 aromatic rings. The molecule has 104 valence electrons. The fourth-order valence-corrected chi connectivity index (χ4v) is 3.02. The van der Waals surface area contributed by atoms with E-state index in [1.54, 1.807) is 6.92 Å². The lowest BCUT2D eigenvalue weighted by Crippen LogP contribution is -2.27. The number of carbonyl (C=O) groups excluding carboxylic acids is 1. The van der Waals surface area contributed by atoms with Gasteiger partial charge in [-0.2, -0.15) is 8.42 Å². The highest BCUT2D eigenvalue weighted by Crippen LogP contribution is 2.31. The van der Waals surface area contributed by atoms with E-state index in [4.69, 9.17) is 0 Å². The predicted octanol–water partition coefficient (Wildman–Crippen LogP) is 2.30. The van der Waals surface area contributed by atoms with Gasteiger partial charge in [0.1, 0.15) is 11.1 Å². The SMILES string of the molecule is Cc1cc(F)c(Br)cc1N1CC(S(=O)(=O)F)CC1=O. The third kappa shape index (κ3) is 2.79. The molecule has 1 unspecified atom stereocenters. The zero-order valence-corrected chi connectivity index (χ0v) is 12.3. The smallest absolute Gasteiger partial charge is 0.307 e. The van der Waals surface area contributed by atoms with Crippen molar-refractivity contribution in [1.29, 1.82) is 0 Å². The number of carbonyl (C=O) groups is 1. The average molecular weight is 354 g/mol. The fraction of sp³-hybridized carbons (Fsp3) is 0.364. The van der Waals surface area contributed by atoms with Crippen molar-refractivity contribution in [2.45, 2.75) is 18.6 Å². The monoisotopic (exact) mass is 353 g/mol. The number of hydrogen-bond donors (Lipinski definition) is 0. The molecule has 1 atom stereocenters. The van der Waals surface area contributed by atoms with Gasteiger partial charge >= 0.3 is 10.2 Å². The number of anilines is 1. The second-order valence-corrected chi connectivity index (χ2v) is 6.83. The highest BCUT2D eigenvalue weighted by atomic mass is 79.9. The molecule has 0 aromatic heterocycles. The van der Waals surface area contributed by atoms with Gasteiger partial charge in [0.15, 0.2) is 0 Å². The van der Waals surface area contributed by atoms with E-state index in [1.165, 1.54) is 17.0 Å². The number of nitrogens with zero attached hydrogens (tertiary/aromatic N) is 1. The van der Waals surface area contributed by atoms with E-state index >= 15 is 0 Å². The van der Waals surface area contributed by atoms with Crippen LogP contribution in [0.25, 0.3) is 0 Å². The van der Waals surface area contributed by atoms with Crippen LogP contribution in [0.4, 0.5) is 14.0 Å². The Morgan fingerprint density at radius 2 is 2.05 bits per heavy atom. The molecule has 1 heterocycles. The molecule has 0 N–H and O–H groups in total. The number of aryl methyl sites for hydroxylation is 1. The molecule has 0 spiro atoms. The molecule has 0 saturated carbocycles. The Bertz CT molecular complexity index is 648. The van der Waals surface area contributed by atoms with Gasteiger partial charge in [0.2, 0.25) is 5.91 Å². The van der Waals surface area contributed by atoms with Crippen molar-refractivity contribution in [2.75, 3.05) is 11.4 Å². The van der Waals surface area contributed by atoms with Gasteiger partial charge in [-0.3, -0.25) is 4.79 Å². The number of amides is 1.